The second-order valence-corrected chi connectivity index (χ2v) is 4.77. The highest BCUT2D eigenvalue weighted by Gasteiger charge is 2.32. The molecule has 0 spiro atoms. The second kappa shape index (κ2) is 5.95. The van der Waals surface area contributed by atoms with Crippen LogP contribution in [0.4, 0.5) is 0 Å². The van der Waals surface area contributed by atoms with Crippen molar-refractivity contribution in [3.8, 4) is 0 Å². The van der Waals surface area contributed by atoms with E-state index in [0.717, 1.165) is 11.1 Å². The maximum Gasteiger partial charge on any atom is 0.243 e. The molecule has 2 amide bonds. The molecule has 1 unspecified atom stereocenters. The molecule has 5 heteroatoms. The van der Waals surface area contributed by atoms with E-state index < -0.39 is 0 Å². The van der Waals surface area contributed by atoms with Gasteiger partial charge in [0.25, 0.3) is 0 Å². The zero-order valence-corrected chi connectivity index (χ0v) is 11.1. The van der Waals surface area contributed by atoms with Gasteiger partial charge in [-0.2, -0.15) is 0 Å². The standard InChI is InChI=1S/C14H19N3O2/c1-2-12-14(19)16-13(18)9-17(12)8-11-5-3-4-10(6-11)7-15/h3-6,12H,2,7-9,15H2,1H3,(H,16,18,19). The van der Waals surface area contributed by atoms with E-state index >= 15 is 0 Å². The quantitative estimate of drug-likeness (QED) is 0.768. The Balaban J connectivity index is 2.14. The van der Waals surface area contributed by atoms with E-state index in [4.69, 9.17) is 5.73 Å². The van der Waals surface area contributed by atoms with Crippen LogP contribution in [0.2, 0.25) is 0 Å². The Morgan fingerprint density at radius 1 is 1.37 bits per heavy atom. The molecule has 3 N–H and O–H groups in total. The largest absolute Gasteiger partial charge is 0.326 e. The molecule has 1 heterocycles. The van der Waals surface area contributed by atoms with Crippen LogP contribution in [0.5, 0.6) is 0 Å². The van der Waals surface area contributed by atoms with E-state index in [1.54, 1.807) is 0 Å². The van der Waals surface area contributed by atoms with E-state index in [-0.39, 0.29) is 24.4 Å². The van der Waals surface area contributed by atoms with Gasteiger partial charge in [-0.1, -0.05) is 31.2 Å². The number of nitrogens with two attached hydrogens (primary N) is 1. The van der Waals surface area contributed by atoms with Gasteiger partial charge in [0, 0.05) is 13.1 Å². The summed E-state index contributed by atoms with van der Waals surface area (Å²) in [6.07, 6.45) is 0.690. The van der Waals surface area contributed by atoms with E-state index in [1.165, 1.54) is 0 Å². The maximum atomic E-state index is 11.8. The average molecular weight is 261 g/mol. The summed E-state index contributed by atoms with van der Waals surface area (Å²) >= 11 is 0. The van der Waals surface area contributed by atoms with Crippen LogP contribution in [0.1, 0.15) is 24.5 Å². The topological polar surface area (TPSA) is 75.4 Å². The van der Waals surface area contributed by atoms with E-state index in [2.05, 4.69) is 5.32 Å². The van der Waals surface area contributed by atoms with Crippen LogP contribution in [0, 0.1) is 0 Å². The lowest BCUT2D eigenvalue weighted by Gasteiger charge is -2.33. The van der Waals surface area contributed by atoms with Gasteiger partial charge in [0.2, 0.25) is 11.8 Å². The number of nitrogens with one attached hydrogen (secondary N) is 1. The normalized spacial score (nSPS) is 20.4. The molecule has 1 aliphatic rings. The van der Waals surface area contributed by atoms with Crippen molar-refractivity contribution < 1.29 is 9.59 Å². The number of benzene rings is 1. The third kappa shape index (κ3) is 3.19. The van der Waals surface area contributed by atoms with Crippen LogP contribution in [0.25, 0.3) is 0 Å². The predicted molar refractivity (Wildman–Crippen MR) is 72.0 cm³/mol. The molecule has 5 nitrogen and oxygen atoms in total. The third-order valence-corrected chi connectivity index (χ3v) is 3.35. The van der Waals surface area contributed by atoms with Gasteiger partial charge in [-0.05, 0) is 17.5 Å². The summed E-state index contributed by atoms with van der Waals surface area (Å²) in [4.78, 5) is 25.1. The zero-order valence-electron chi connectivity index (χ0n) is 11.1. The van der Waals surface area contributed by atoms with Crippen LogP contribution in [0.3, 0.4) is 0 Å². The predicted octanol–water partition coefficient (Wildman–Crippen LogP) is 0.382. The molecular formula is C14H19N3O2. The van der Waals surface area contributed by atoms with Crippen molar-refractivity contribution in [3.05, 3.63) is 35.4 Å². The molecular weight excluding hydrogens is 242 g/mol. The number of hydrogen-bond acceptors (Lipinski definition) is 4. The fourth-order valence-electron chi connectivity index (χ4n) is 2.42. The monoisotopic (exact) mass is 261 g/mol. The molecule has 2 rings (SSSR count). The number of imide groups is 1. The number of rotatable bonds is 4. The first-order chi connectivity index (χ1) is 9.13. The van der Waals surface area contributed by atoms with Crippen molar-refractivity contribution >= 4 is 11.8 Å². The Labute approximate surface area is 112 Å². The first-order valence-electron chi connectivity index (χ1n) is 6.49. The summed E-state index contributed by atoms with van der Waals surface area (Å²) in [6, 6.07) is 7.69. The number of hydrogen-bond donors (Lipinski definition) is 2. The van der Waals surface area contributed by atoms with Crippen LogP contribution < -0.4 is 11.1 Å². The number of amides is 2. The minimum Gasteiger partial charge on any atom is -0.326 e. The molecule has 1 aromatic carbocycles. The summed E-state index contributed by atoms with van der Waals surface area (Å²) in [6.45, 7) is 3.29. The number of carbonyl (C=O) groups excluding carboxylic acids is 2. The van der Waals surface area contributed by atoms with E-state index in [0.29, 0.717) is 19.5 Å². The van der Waals surface area contributed by atoms with Crippen LogP contribution >= 0.6 is 0 Å². The molecule has 0 aromatic heterocycles. The lowest BCUT2D eigenvalue weighted by molar-refractivity contribution is -0.140. The summed E-state index contributed by atoms with van der Waals surface area (Å²) in [5, 5.41) is 2.38. The van der Waals surface area contributed by atoms with Crippen molar-refractivity contribution in [2.75, 3.05) is 6.54 Å². The van der Waals surface area contributed by atoms with Gasteiger partial charge in [0.15, 0.2) is 0 Å². The number of piperazine rings is 1. The van der Waals surface area contributed by atoms with Gasteiger partial charge >= 0.3 is 0 Å². The van der Waals surface area contributed by atoms with Crippen molar-refractivity contribution in [2.45, 2.75) is 32.5 Å². The Morgan fingerprint density at radius 2 is 2.11 bits per heavy atom. The highest BCUT2D eigenvalue weighted by Crippen LogP contribution is 2.15. The Hall–Kier alpha value is -1.72. The third-order valence-electron chi connectivity index (χ3n) is 3.35. The fourth-order valence-corrected chi connectivity index (χ4v) is 2.42. The molecule has 1 atom stereocenters. The Bertz CT molecular complexity index is 487. The highest BCUT2D eigenvalue weighted by molar-refractivity contribution is 6.01. The minimum absolute atomic E-state index is 0.200. The summed E-state index contributed by atoms with van der Waals surface area (Å²) in [7, 11) is 0. The van der Waals surface area contributed by atoms with Crippen molar-refractivity contribution in [2.24, 2.45) is 5.73 Å². The molecule has 0 saturated carbocycles. The first-order valence-corrected chi connectivity index (χ1v) is 6.49. The Morgan fingerprint density at radius 3 is 2.79 bits per heavy atom. The number of carbonyl (C=O) groups is 2. The van der Waals surface area contributed by atoms with Crippen LogP contribution in [-0.4, -0.2) is 29.3 Å². The minimum atomic E-state index is -0.237. The fraction of sp³-hybridized carbons (Fsp3) is 0.429. The smallest absolute Gasteiger partial charge is 0.243 e. The lowest BCUT2D eigenvalue weighted by atomic mass is 10.1. The SMILES string of the molecule is CCC1C(=O)NC(=O)CN1Cc1cccc(CN)c1. The van der Waals surface area contributed by atoms with Crippen molar-refractivity contribution in [1.82, 2.24) is 10.2 Å². The molecule has 1 aliphatic heterocycles. The maximum absolute atomic E-state index is 11.8. The summed E-state index contributed by atoms with van der Waals surface area (Å²) < 4.78 is 0. The van der Waals surface area contributed by atoms with E-state index in [9.17, 15) is 9.59 Å². The molecule has 19 heavy (non-hydrogen) atoms. The van der Waals surface area contributed by atoms with Gasteiger partial charge < -0.3 is 5.73 Å². The summed E-state index contributed by atoms with van der Waals surface area (Å²) in [5.41, 5.74) is 7.74. The van der Waals surface area contributed by atoms with Gasteiger partial charge in [-0.3, -0.25) is 19.8 Å². The molecule has 0 bridgehead atoms. The van der Waals surface area contributed by atoms with Gasteiger partial charge in [0.1, 0.15) is 0 Å². The van der Waals surface area contributed by atoms with Gasteiger partial charge in [-0.25, -0.2) is 0 Å². The molecule has 102 valence electrons. The van der Waals surface area contributed by atoms with E-state index in [1.807, 2.05) is 36.1 Å². The first kappa shape index (κ1) is 13.7. The van der Waals surface area contributed by atoms with Crippen LogP contribution in [-0.2, 0) is 22.7 Å². The van der Waals surface area contributed by atoms with Crippen LogP contribution in [0.15, 0.2) is 24.3 Å². The van der Waals surface area contributed by atoms with Gasteiger partial charge in [0.05, 0.1) is 12.6 Å². The lowest BCUT2D eigenvalue weighted by Crippen LogP contribution is -2.57. The van der Waals surface area contributed by atoms with Crippen molar-refractivity contribution in [3.63, 3.8) is 0 Å². The zero-order chi connectivity index (χ0) is 13.8. The van der Waals surface area contributed by atoms with Gasteiger partial charge in [-0.15, -0.1) is 0 Å². The molecule has 1 fully saturated rings. The molecule has 1 aromatic rings. The molecule has 0 aliphatic carbocycles. The average Bonchev–Trinajstić information content (AvgIpc) is 2.38. The van der Waals surface area contributed by atoms with Crippen molar-refractivity contribution in [1.29, 1.82) is 0 Å². The molecule has 1 saturated heterocycles. The second-order valence-electron chi connectivity index (χ2n) is 4.77. The number of nitrogens with zero attached hydrogens (tertiary/aromatic N) is 1. The molecule has 0 radical (unpaired) electrons. The summed E-state index contributed by atoms with van der Waals surface area (Å²) in [5.74, 6) is -0.432. The Kier molecular flexibility index (Phi) is 4.29. The highest BCUT2D eigenvalue weighted by atomic mass is 16.2.